The fourth-order valence-corrected chi connectivity index (χ4v) is 2.79. The average Bonchev–Trinajstić information content (AvgIpc) is 3.16. The molecule has 8 heteroatoms. The van der Waals surface area contributed by atoms with E-state index in [1.807, 2.05) is 49.4 Å². The van der Waals surface area contributed by atoms with Gasteiger partial charge >= 0.3 is 0 Å². The van der Waals surface area contributed by atoms with Crippen molar-refractivity contribution in [2.45, 2.75) is 13.5 Å². The van der Waals surface area contributed by atoms with Crippen LogP contribution in [0.3, 0.4) is 0 Å². The topological polar surface area (TPSA) is 81.4 Å². The van der Waals surface area contributed by atoms with Gasteiger partial charge in [-0.1, -0.05) is 35.0 Å². The number of aromatic nitrogens is 2. The molecule has 7 nitrogen and oxygen atoms in total. The van der Waals surface area contributed by atoms with Gasteiger partial charge in [-0.2, -0.15) is 4.98 Å². The third kappa shape index (κ3) is 4.17. The number of hydrogen-bond acceptors (Lipinski definition) is 6. The number of nitrogens with one attached hydrogen (secondary N) is 2. The molecule has 27 heavy (non-hydrogen) atoms. The van der Waals surface area contributed by atoms with Gasteiger partial charge in [-0.25, -0.2) is 0 Å². The van der Waals surface area contributed by atoms with Gasteiger partial charge in [-0.15, -0.1) is 0 Å². The summed E-state index contributed by atoms with van der Waals surface area (Å²) < 4.78 is 16.3. The van der Waals surface area contributed by atoms with Crippen LogP contribution in [-0.4, -0.2) is 28.5 Å². The molecule has 0 fully saturated rings. The Morgan fingerprint density at radius 2 is 1.85 bits per heavy atom. The van der Waals surface area contributed by atoms with Crippen LogP contribution in [0.5, 0.6) is 11.5 Å². The lowest BCUT2D eigenvalue weighted by Crippen LogP contribution is -2.28. The zero-order valence-corrected chi connectivity index (χ0v) is 15.5. The number of benzene rings is 2. The Kier molecular flexibility index (Phi) is 4.88. The summed E-state index contributed by atoms with van der Waals surface area (Å²) in [5.41, 5.74) is 2.90. The summed E-state index contributed by atoms with van der Waals surface area (Å²) in [5.74, 6) is 2.45. The number of rotatable bonds is 4. The zero-order valence-electron chi connectivity index (χ0n) is 14.7. The molecule has 0 bridgehead atoms. The molecule has 3 aromatic rings. The van der Waals surface area contributed by atoms with E-state index >= 15 is 0 Å². The molecule has 0 unspecified atom stereocenters. The molecule has 0 saturated heterocycles. The highest BCUT2D eigenvalue weighted by Crippen LogP contribution is 2.32. The normalized spacial score (nSPS) is 12.5. The Morgan fingerprint density at radius 3 is 2.67 bits per heavy atom. The van der Waals surface area contributed by atoms with Crippen molar-refractivity contribution < 1.29 is 14.0 Å². The van der Waals surface area contributed by atoms with Crippen molar-refractivity contribution in [3.63, 3.8) is 0 Å². The molecule has 0 amide bonds. The Bertz CT molecular complexity index is 956. The summed E-state index contributed by atoms with van der Waals surface area (Å²) in [6.45, 7) is 3.47. The molecule has 1 aromatic heterocycles. The van der Waals surface area contributed by atoms with Crippen LogP contribution in [0.2, 0.25) is 0 Å². The lowest BCUT2D eigenvalue weighted by molar-refractivity contribution is 0.171. The summed E-state index contributed by atoms with van der Waals surface area (Å²) >= 11 is 5.32. The average molecular weight is 382 g/mol. The minimum absolute atomic E-state index is 0.329. The second-order valence-electron chi connectivity index (χ2n) is 6.04. The second kappa shape index (κ2) is 7.63. The van der Waals surface area contributed by atoms with Crippen LogP contribution in [-0.2, 0) is 6.54 Å². The largest absolute Gasteiger partial charge is 0.486 e. The number of thiocarbonyl (C=S) groups is 1. The van der Waals surface area contributed by atoms with Gasteiger partial charge in [-0.05, 0) is 31.3 Å². The smallest absolute Gasteiger partial charge is 0.246 e. The Balaban J connectivity index is 1.34. The van der Waals surface area contributed by atoms with Crippen molar-refractivity contribution in [2.24, 2.45) is 0 Å². The molecular weight excluding hydrogens is 364 g/mol. The lowest BCUT2D eigenvalue weighted by Gasteiger charge is -2.19. The van der Waals surface area contributed by atoms with Crippen molar-refractivity contribution in [3.8, 4) is 22.9 Å². The minimum atomic E-state index is 0.329. The van der Waals surface area contributed by atoms with E-state index in [2.05, 4.69) is 20.8 Å². The number of ether oxygens (including phenoxy) is 2. The fraction of sp³-hybridized carbons (Fsp3) is 0.211. The van der Waals surface area contributed by atoms with E-state index < -0.39 is 0 Å². The van der Waals surface area contributed by atoms with Gasteiger partial charge in [0.15, 0.2) is 16.6 Å². The third-order valence-corrected chi connectivity index (χ3v) is 4.22. The highest BCUT2D eigenvalue weighted by molar-refractivity contribution is 7.80. The van der Waals surface area contributed by atoms with Crippen LogP contribution in [0.4, 0.5) is 5.69 Å². The van der Waals surface area contributed by atoms with Crippen molar-refractivity contribution in [3.05, 3.63) is 53.9 Å². The van der Waals surface area contributed by atoms with Crippen molar-refractivity contribution in [1.82, 2.24) is 15.5 Å². The van der Waals surface area contributed by atoms with E-state index in [0.29, 0.717) is 42.3 Å². The Hall–Kier alpha value is -3.13. The predicted molar refractivity (Wildman–Crippen MR) is 105 cm³/mol. The first kappa shape index (κ1) is 17.3. The van der Waals surface area contributed by atoms with Crippen LogP contribution in [0.15, 0.2) is 47.0 Å². The van der Waals surface area contributed by atoms with E-state index in [4.69, 9.17) is 26.2 Å². The molecule has 0 radical (unpaired) electrons. The van der Waals surface area contributed by atoms with E-state index in [0.717, 1.165) is 17.0 Å². The molecular formula is C19H18N4O3S. The van der Waals surface area contributed by atoms with E-state index in [1.54, 1.807) is 0 Å². The molecule has 0 saturated carbocycles. The van der Waals surface area contributed by atoms with Gasteiger partial charge < -0.3 is 24.6 Å². The van der Waals surface area contributed by atoms with Crippen molar-refractivity contribution >= 4 is 23.0 Å². The number of aryl methyl sites for hydroxylation is 1. The molecule has 0 aliphatic carbocycles. The monoisotopic (exact) mass is 382 g/mol. The van der Waals surface area contributed by atoms with E-state index in [9.17, 15) is 0 Å². The molecule has 0 spiro atoms. The lowest BCUT2D eigenvalue weighted by atomic mass is 10.1. The van der Waals surface area contributed by atoms with Crippen LogP contribution in [0, 0.1) is 6.92 Å². The summed E-state index contributed by atoms with van der Waals surface area (Å²) in [7, 11) is 0. The maximum absolute atomic E-state index is 5.57. The van der Waals surface area contributed by atoms with Gasteiger partial charge in [0.05, 0.1) is 6.54 Å². The molecule has 138 valence electrons. The zero-order chi connectivity index (χ0) is 18.6. The van der Waals surface area contributed by atoms with Crippen LogP contribution < -0.4 is 20.1 Å². The molecule has 2 N–H and O–H groups in total. The van der Waals surface area contributed by atoms with Crippen LogP contribution in [0.1, 0.15) is 11.5 Å². The first-order valence-corrected chi connectivity index (χ1v) is 8.92. The van der Waals surface area contributed by atoms with E-state index in [1.165, 1.54) is 5.56 Å². The number of nitrogens with zero attached hydrogens (tertiary/aromatic N) is 2. The molecule has 1 aliphatic rings. The molecule has 0 atom stereocenters. The second-order valence-corrected chi connectivity index (χ2v) is 6.45. The van der Waals surface area contributed by atoms with Crippen molar-refractivity contribution in [2.75, 3.05) is 18.5 Å². The summed E-state index contributed by atoms with van der Waals surface area (Å²) in [6.07, 6.45) is 0. The standard InChI is InChI=1S/C19H18N4O3S/c1-12-2-4-13(5-3-12)18-22-17(26-23-18)11-20-19(27)21-14-6-7-15-16(10-14)25-9-8-24-15/h2-7,10H,8-9,11H2,1H3,(H2,20,21,27). The third-order valence-electron chi connectivity index (χ3n) is 3.98. The Labute approximate surface area is 161 Å². The molecule has 2 aromatic carbocycles. The minimum Gasteiger partial charge on any atom is -0.486 e. The van der Waals surface area contributed by atoms with Crippen molar-refractivity contribution in [1.29, 1.82) is 0 Å². The summed E-state index contributed by atoms with van der Waals surface area (Å²) in [4.78, 5) is 4.38. The number of fused-ring (bicyclic) bond motifs is 1. The first-order valence-electron chi connectivity index (χ1n) is 8.51. The van der Waals surface area contributed by atoms with Gasteiger partial charge in [0, 0.05) is 17.3 Å². The van der Waals surface area contributed by atoms with Gasteiger partial charge in [0.2, 0.25) is 11.7 Å². The number of anilines is 1. The molecule has 2 heterocycles. The predicted octanol–water partition coefficient (Wildman–Crippen LogP) is 3.30. The highest BCUT2D eigenvalue weighted by Gasteiger charge is 2.13. The molecule has 1 aliphatic heterocycles. The van der Waals surface area contributed by atoms with Gasteiger partial charge in [0.25, 0.3) is 0 Å². The van der Waals surface area contributed by atoms with Gasteiger partial charge in [-0.3, -0.25) is 0 Å². The highest BCUT2D eigenvalue weighted by atomic mass is 32.1. The van der Waals surface area contributed by atoms with Crippen LogP contribution >= 0.6 is 12.2 Å². The SMILES string of the molecule is Cc1ccc(-c2noc(CNC(=S)Nc3ccc4c(c3)OCCO4)n2)cc1. The molecule has 4 rings (SSSR count). The fourth-order valence-electron chi connectivity index (χ4n) is 2.60. The number of hydrogen-bond donors (Lipinski definition) is 2. The maximum Gasteiger partial charge on any atom is 0.246 e. The quantitative estimate of drug-likeness (QED) is 0.665. The summed E-state index contributed by atoms with van der Waals surface area (Å²) in [5, 5.41) is 10.6. The summed E-state index contributed by atoms with van der Waals surface area (Å²) in [6, 6.07) is 13.5. The van der Waals surface area contributed by atoms with Gasteiger partial charge in [0.1, 0.15) is 13.2 Å². The van der Waals surface area contributed by atoms with E-state index in [-0.39, 0.29) is 0 Å². The first-order chi connectivity index (χ1) is 13.2. The van der Waals surface area contributed by atoms with Crippen LogP contribution in [0.25, 0.3) is 11.4 Å². The Morgan fingerprint density at radius 1 is 1.07 bits per heavy atom. The maximum atomic E-state index is 5.57.